The maximum absolute atomic E-state index is 5.28. The first kappa shape index (κ1) is 22.9. The van der Waals surface area contributed by atoms with Gasteiger partial charge in [-0.3, -0.25) is 4.68 Å². The molecular formula is C28H38N6. The summed E-state index contributed by atoms with van der Waals surface area (Å²) in [6.07, 6.45) is 3.37. The fourth-order valence-corrected chi connectivity index (χ4v) is 5.41. The summed E-state index contributed by atoms with van der Waals surface area (Å²) in [7, 11) is 2.06. The molecule has 2 aromatic heterocycles. The van der Waals surface area contributed by atoms with E-state index in [1.165, 1.54) is 46.6 Å². The molecular weight excluding hydrogens is 420 g/mol. The zero-order chi connectivity index (χ0) is 24.0. The Bertz CT molecular complexity index is 1170. The molecule has 4 heterocycles. The van der Waals surface area contributed by atoms with E-state index in [9.17, 15) is 0 Å². The quantitative estimate of drug-likeness (QED) is 0.523. The second kappa shape index (κ2) is 9.05. The van der Waals surface area contributed by atoms with Gasteiger partial charge in [-0.1, -0.05) is 39.0 Å². The van der Waals surface area contributed by atoms with Crippen LogP contribution in [0.3, 0.4) is 0 Å². The van der Waals surface area contributed by atoms with Gasteiger partial charge >= 0.3 is 0 Å². The summed E-state index contributed by atoms with van der Waals surface area (Å²) >= 11 is 0. The number of piperidine rings is 1. The second-order valence-electron chi connectivity index (χ2n) is 10.6. The van der Waals surface area contributed by atoms with Crippen molar-refractivity contribution in [3.8, 4) is 11.4 Å². The molecule has 2 aliphatic heterocycles. The van der Waals surface area contributed by atoms with Gasteiger partial charge in [0.25, 0.3) is 0 Å². The zero-order valence-corrected chi connectivity index (χ0v) is 21.6. The fourth-order valence-electron chi connectivity index (χ4n) is 5.41. The van der Waals surface area contributed by atoms with Crippen molar-refractivity contribution in [1.29, 1.82) is 0 Å². The van der Waals surface area contributed by atoms with E-state index in [4.69, 9.17) is 15.1 Å². The molecule has 0 unspecified atom stereocenters. The van der Waals surface area contributed by atoms with E-state index >= 15 is 0 Å². The van der Waals surface area contributed by atoms with Crippen molar-refractivity contribution in [3.05, 3.63) is 52.3 Å². The molecule has 0 saturated carbocycles. The van der Waals surface area contributed by atoms with E-state index in [1.54, 1.807) is 0 Å². The van der Waals surface area contributed by atoms with Crippen LogP contribution < -0.4 is 9.80 Å². The highest BCUT2D eigenvalue weighted by Crippen LogP contribution is 2.35. The minimum absolute atomic E-state index is 0.422. The lowest BCUT2D eigenvalue weighted by Gasteiger charge is -2.36. The van der Waals surface area contributed by atoms with Gasteiger partial charge in [-0.05, 0) is 49.7 Å². The van der Waals surface area contributed by atoms with Gasteiger partial charge in [-0.25, -0.2) is 9.97 Å². The van der Waals surface area contributed by atoms with Crippen molar-refractivity contribution in [3.63, 3.8) is 0 Å². The standard InChI is InChI=1S/C28H38N6/c1-18(2)24-16-25(32(6)31-24)34-15-12-23-22(17-34)28(33-13-10-19(3)11-14-33)30-27(29-23)26-20(4)8-7-9-21(26)5/h7-9,16,18-19H,10-15,17H2,1-6H3. The van der Waals surface area contributed by atoms with Crippen LogP contribution in [0.25, 0.3) is 11.4 Å². The molecule has 6 heteroatoms. The topological polar surface area (TPSA) is 50.1 Å². The molecule has 1 aromatic carbocycles. The molecule has 3 aromatic rings. The first-order chi connectivity index (χ1) is 16.3. The van der Waals surface area contributed by atoms with Crippen molar-refractivity contribution in [2.75, 3.05) is 29.4 Å². The average molecular weight is 459 g/mol. The zero-order valence-electron chi connectivity index (χ0n) is 21.6. The van der Waals surface area contributed by atoms with Crippen molar-refractivity contribution >= 4 is 11.6 Å². The summed E-state index contributed by atoms with van der Waals surface area (Å²) in [5.74, 6) is 4.43. The Balaban J connectivity index is 1.58. The van der Waals surface area contributed by atoms with Gasteiger partial charge in [0.05, 0.1) is 11.4 Å². The summed E-state index contributed by atoms with van der Waals surface area (Å²) in [5.41, 5.74) is 7.33. The largest absolute Gasteiger partial charge is 0.356 e. The number of hydrogen-bond donors (Lipinski definition) is 0. The molecule has 180 valence electrons. The molecule has 1 fully saturated rings. The average Bonchev–Trinajstić information content (AvgIpc) is 3.21. The number of aromatic nitrogens is 4. The maximum atomic E-state index is 5.28. The van der Waals surface area contributed by atoms with Crippen LogP contribution in [0.15, 0.2) is 24.3 Å². The number of rotatable bonds is 4. The van der Waals surface area contributed by atoms with Crippen molar-refractivity contribution < 1.29 is 0 Å². The molecule has 2 aliphatic rings. The van der Waals surface area contributed by atoms with Gasteiger partial charge in [-0.2, -0.15) is 5.10 Å². The smallest absolute Gasteiger partial charge is 0.162 e. The first-order valence-electron chi connectivity index (χ1n) is 12.8. The van der Waals surface area contributed by atoms with Crippen LogP contribution in [0.2, 0.25) is 0 Å². The number of benzene rings is 1. The Kier molecular flexibility index (Phi) is 6.09. The molecule has 0 spiro atoms. The van der Waals surface area contributed by atoms with Gasteiger partial charge in [0.1, 0.15) is 11.6 Å². The summed E-state index contributed by atoms with van der Waals surface area (Å²) in [6.45, 7) is 15.0. The first-order valence-corrected chi connectivity index (χ1v) is 12.8. The number of anilines is 2. The van der Waals surface area contributed by atoms with Crippen molar-refractivity contribution in [2.45, 2.75) is 66.3 Å². The Morgan fingerprint density at radius 1 is 0.971 bits per heavy atom. The van der Waals surface area contributed by atoms with Crippen LogP contribution in [0.1, 0.15) is 67.6 Å². The molecule has 5 rings (SSSR count). The van der Waals surface area contributed by atoms with E-state index < -0.39 is 0 Å². The third kappa shape index (κ3) is 4.19. The van der Waals surface area contributed by atoms with E-state index in [-0.39, 0.29) is 0 Å². The van der Waals surface area contributed by atoms with E-state index in [2.05, 4.69) is 75.7 Å². The van der Waals surface area contributed by atoms with Crippen LogP contribution in [-0.4, -0.2) is 39.4 Å². The number of fused-ring (bicyclic) bond motifs is 1. The van der Waals surface area contributed by atoms with Gasteiger partial charge in [0.2, 0.25) is 0 Å². The Morgan fingerprint density at radius 2 is 1.68 bits per heavy atom. The van der Waals surface area contributed by atoms with Gasteiger partial charge in [0.15, 0.2) is 5.82 Å². The van der Waals surface area contributed by atoms with Crippen LogP contribution >= 0.6 is 0 Å². The minimum atomic E-state index is 0.422. The molecule has 1 saturated heterocycles. The lowest BCUT2D eigenvalue weighted by molar-refractivity contribution is 0.435. The summed E-state index contributed by atoms with van der Waals surface area (Å²) < 4.78 is 2.04. The molecule has 0 N–H and O–H groups in total. The molecule has 0 amide bonds. The second-order valence-corrected chi connectivity index (χ2v) is 10.6. The number of nitrogens with zero attached hydrogens (tertiary/aromatic N) is 6. The van der Waals surface area contributed by atoms with Crippen molar-refractivity contribution in [2.24, 2.45) is 13.0 Å². The van der Waals surface area contributed by atoms with E-state index in [0.29, 0.717) is 5.92 Å². The molecule has 0 aliphatic carbocycles. The third-order valence-electron chi connectivity index (χ3n) is 7.62. The highest BCUT2D eigenvalue weighted by atomic mass is 15.4. The monoisotopic (exact) mass is 458 g/mol. The molecule has 0 radical (unpaired) electrons. The SMILES string of the molecule is Cc1cccc(C)c1-c1nc2c(c(N3CCC(C)CC3)n1)CN(c1cc(C(C)C)nn1C)CC2. The lowest BCUT2D eigenvalue weighted by atomic mass is 9.97. The predicted molar refractivity (Wildman–Crippen MR) is 140 cm³/mol. The summed E-state index contributed by atoms with van der Waals surface area (Å²) in [5, 5.41) is 4.77. The van der Waals surface area contributed by atoms with Gasteiger partial charge in [-0.15, -0.1) is 0 Å². The summed E-state index contributed by atoms with van der Waals surface area (Å²) in [4.78, 5) is 15.4. The molecule has 0 atom stereocenters. The Hall–Kier alpha value is -2.89. The normalized spacial score (nSPS) is 16.9. The lowest BCUT2D eigenvalue weighted by Crippen LogP contribution is -2.38. The van der Waals surface area contributed by atoms with E-state index in [1.807, 2.05) is 4.68 Å². The number of hydrogen-bond acceptors (Lipinski definition) is 5. The van der Waals surface area contributed by atoms with Gasteiger partial charge < -0.3 is 9.80 Å². The highest BCUT2D eigenvalue weighted by Gasteiger charge is 2.29. The number of aryl methyl sites for hydroxylation is 3. The van der Waals surface area contributed by atoms with Crippen LogP contribution in [0.4, 0.5) is 11.6 Å². The fraction of sp³-hybridized carbons (Fsp3) is 0.536. The third-order valence-corrected chi connectivity index (χ3v) is 7.62. The summed E-state index contributed by atoms with van der Waals surface area (Å²) in [6, 6.07) is 8.72. The van der Waals surface area contributed by atoms with Gasteiger partial charge in [0, 0.05) is 56.8 Å². The van der Waals surface area contributed by atoms with Crippen molar-refractivity contribution in [1.82, 2.24) is 19.7 Å². The highest BCUT2D eigenvalue weighted by molar-refractivity contribution is 5.68. The molecule has 34 heavy (non-hydrogen) atoms. The maximum Gasteiger partial charge on any atom is 0.162 e. The van der Waals surface area contributed by atoms with Crippen LogP contribution in [-0.2, 0) is 20.0 Å². The van der Waals surface area contributed by atoms with Crippen LogP contribution in [0.5, 0.6) is 0 Å². The minimum Gasteiger partial charge on any atom is -0.356 e. The Morgan fingerprint density at radius 3 is 2.32 bits per heavy atom. The molecule has 6 nitrogen and oxygen atoms in total. The Labute approximate surface area is 204 Å². The predicted octanol–water partition coefficient (Wildman–Crippen LogP) is 5.42. The molecule has 0 bridgehead atoms. The van der Waals surface area contributed by atoms with E-state index in [0.717, 1.165) is 55.9 Å². The van der Waals surface area contributed by atoms with Crippen LogP contribution in [0, 0.1) is 19.8 Å².